The van der Waals surface area contributed by atoms with Crippen LogP contribution >= 0.6 is 0 Å². The van der Waals surface area contributed by atoms with Crippen molar-refractivity contribution in [2.45, 2.75) is 51.2 Å². The van der Waals surface area contributed by atoms with E-state index in [2.05, 4.69) is 10.1 Å². The van der Waals surface area contributed by atoms with Gasteiger partial charge in [-0.25, -0.2) is 0 Å². The van der Waals surface area contributed by atoms with Gasteiger partial charge in [0.2, 0.25) is 0 Å². The van der Waals surface area contributed by atoms with Crippen molar-refractivity contribution < 1.29 is 32.0 Å². The third-order valence-corrected chi connectivity index (χ3v) is 4.65. The zero-order valence-corrected chi connectivity index (χ0v) is 17.0. The van der Waals surface area contributed by atoms with E-state index in [0.717, 1.165) is 5.56 Å². The van der Waals surface area contributed by atoms with Crippen LogP contribution in [0.5, 0.6) is 0 Å². The molecule has 0 bridgehead atoms. The third kappa shape index (κ3) is 7.66. The molecule has 2 N–H and O–H groups in total. The molecule has 1 saturated heterocycles. The van der Waals surface area contributed by atoms with Crippen molar-refractivity contribution in [3.63, 3.8) is 0 Å². The Kier molecular flexibility index (Phi) is 7.94. The molecule has 1 heterocycles. The molecule has 0 aliphatic carbocycles. The van der Waals surface area contributed by atoms with Crippen LogP contribution in [-0.4, -0.2) is 50.7 Å². The van der Waals surface area contributed by atoms with Gasteiger partial charge in [-0.3, -0.25) is 14.1 Å². The Morgan fingerprint density at radius 3 is 2.19 bits per heavy atom. The molecule has 2 atom stereocenters. The Morgan fingerprint density at radius 1 is 1.19 bits per heavy atom. The number of carbonyl (C=O) groups is 2. The fourth-order valence-corrected chi connectivity index (χ4v) is 2.63. The van der Waals surface area contributed by atoms with Gasteiger partial charge in [0.1, 0.15) is 12.1 Å². The maximum Gasteiger partial charge on any atom is 0.323 e. The van der Waals surface area contributed by atoms with Gasteiger partial charge < -0.3 is 14.8 Å². The van der Waals surface area contributed by atoms with E-state index in [0.29, 0.717) is 13.0 Å². The molecule has 27 heavy (non-hydrogen) atoms. The number of hydrogen-bond donors (Lipinski definition) is 2. The van der Waals surface area contributed by atoms with Gasteiger partial charge in [0.05, 0.1) is 17.4 Å². The topological polar surface area (TPSA) is 119 Å². The lowest BCUT2D eigenvalue weighted by Crippen LogP contribution is -2.31. The van der Waals surface area contributed by atoms with Crippen LogP contribution in [0.4, 0.5) is 0 Å². The van der Waals surface area contributed by atoms with Crippen LogP contribution in [0.1, 0.15) is 32.8 Å². The summed E-state index contributed by atoms with van der Waals surface area (Å²) in [6, 6.07) is 5.63. The lowest BCUT2D eigenvalue weighted by molar-refractivity contribution is -0.158. The minimum Gasteiger partial charge on any atom is -0.468 e. The molecule has 0 amide bonds. The molecule has 0 aromatic heterocycles. The minimum absolute atomic E-state index is 0.0666. The van der Waals surface area contributed by atoms with Crippen molar-refractivity contribution in [1.29, 1.82) is 0 Å². The number of aryl methyl sites for hydroxylation is 1. The number of esters is 2. The SMILES string of the molecule is COC(=O)[C@@H]1C[C@@H](OC(=O)C(C)(C)C)CN1.Cc1ccc(S(=O)(=O)O)cc1. The van der Waals surface area contributed by atoms with Gasteiger partial charge in [0.15, 0.2) is 0 Å². The molecule has 1 aliphatic rings. The number of methoxy groups -OCH3 is 1. The molecule has 1 fully saturated rings. The number of carbonyl (C=O) groups excluding carboxylic acids is 2. The van der Waals surface area contributed by atoms with E-state index in [1.54, 1.807) is 32.9 Å². The maximum absolute atomic E-state index is 11.6. The molecule has 2 rings (SSSR count). The van der Waals surface area contributed by atoms with Gasteiger partial charge in [0.25, 0.3) is 10.1 Å². The molecule has 0 unspecified atom stereocenters. The normalized spacial score (nSPS) is 19.6. The summed E-state index contributed by atoms with van der Waals surface area (Å²) in [5.41, 5.74) is 0.445. The van der Waals surface area contributed by atoms with Crippen LogP contribution in [0.2, 0.25) is 0 Å². The molecule has 152 valence electrons. The molecular formula is C18H27NO7S. The second-order valence-corrected chi connectivity index (χ2v) is 8.71. The molecule has 0 saturated carbocycles. The molecule has 1 aromatic carbocycles. The van der Waals surface area contributed by atoms with Crippen molar-refractivity contribution >= 4 is 22.1 Å². The van der Waals surface area contributed by atoms with Gasteiger partial charge >= 0.3 is 11.9 Å². The summed E-state index contributed by atoms with van der Waals surface area (Å²) in [6.07, 6.45) is 0.241. The molecule has 8 nitrogen and oxygen atoms in total. The van der Waals surface area contributed by atoms with E-state index in [1.165, 1.54) is 19.2 Å². The van der Waals surface area contributed by atoms with E-state index in [1.807, 2.05) is 6.92 Å². The van der Waals surface area contributed by atoms with Crippen molar-refractivity contribution in [3.8, 4) is 0 Å². The minimum atomic E-state index is -4.02. The second kappa shape index (κ2) is 9.29. The zero-order valence-electron chi connectivity index (χ0n) is 16.2. The number of benzene rings is 1. The highest BCUT2D eigenvalue weighted by Gasteiger charge is 2.34. The van der Waals surface area contributed by atoms with Crippen LogP contribution in [0.25, 0.3) is 0 Å². The Morgan fingerprint density at radius 2 is 1.74 bits per heavy atom. The average molecular weight is 401 g/mol. The van der Waals surface area contributed by atoms with Gasteiger partial charge in [-0.15, -0.1) is 0 Å². The Hall–Kier alpha value is -1.97. The third-order valence-electron chi connectivity index (χ3n) is 3.78. The van der Waals surface area contributed by atoms with Crippen molar-refractivity contribution in [1.82, 2.24) is 5.32 Å². The van der Waals surface area contributed by atoms with Crippen LogP contribution in [-0.2, 0) is 29.2 Å². The van der Waals surface area contributed by atoms with Gasteiger partial charge in [0, 0.05) is 13.0 Å². The Bertz CT molecular complexity index is 751. The predicted molar refractivity (Wildman–Crippen MR) is 98.8 cm³/mol. The fourth-order valence-electron chi connectivity index (χ4n) is 2.15. The molecule has 0 radical (unpaired) electrons. The van der Waals surface area contributed by atoms with Crippen LogP contribution in [0, 0.1) is 12.3 Å². The first-order valence-electron chi connectivity index (χ1n) is 8.41. The van der Waals surface area contributed by atoms with Crippen LogP contribution < -0.4 is 5.32 Å². The largest absolute Gasteiger partial charge is 0.468 e. The monoisotopic (exact) mass is 401 g/mol. The Balaban J connectivity index is 0.000000289. The number of nitrogens with one attached hydrogen (secondary N) is 1. The van der Waals surface area contributed by atoms with E-state index in [9.17, 15) is 18.0 Å². The van der Waals surface area contributed by atoms with E-state index < -0.39 is 15.5 Å². The van der Waals surface area contributed by atoms with Gasteiger partial charge in [-0.1, -0.05) is 17.7 Å². The quantitative estimate of drug-likeness (QED) is 0.580. The molecule has 1 aromatic rings. The highest BCUT2D eigenvalue weighted by atomic mass is 32.2. The number of ether oxygens (including phenoxy) is 2. The molecule has 9 heteroatoms. The smallest absolute Gasteiger partial charge is 0.323 e. The molecule has 0 spiro atoms. The van der Waals surface area contributed by atoms with Crippen molar-refractivity contribution in [2.75, 3.05) is 13.7 Å². The summed E-state index contributed by atoms with van der Waals surface area (Å²) in [7, 11) is -2.67. The fraction of sp³-hybridized carbons (Fsp3) is 0.556. The lowest BCUT2D eigenvalue weighted by Gasteiger charge is -2.19. The Labute approximate surface area is 160 Å². The van der Waals surface area contributed by atoms with Crippen LogP contribution in [0.3, 0.4) is 0 Å². The predicted octanol–water partition coefficient (Wildman–Crippen LogP) is 1.72. The first-order chi connectivity index (χ1) is 12.3. The lowest BCUT2D eigenvalue weighted by atomic mass is 9.97. The zero-order chi connectivity index (χ0) is 20.8. The summed E-state index contributed by atoms with van der Waals surface area (Å²) in [5, 5.41) is 2.96. The number of hydrogen-bond acceptors (Lipinski definition) is 7. The highest BCUT2D eigenvalue weighted by molar-refractivity contribution is 7.85. The summed E-state index contributed by atoms with van der Waals surface area (Å²) in [4.78, 5) is 22.8. The second-order valence-electron chi connectivity index (χ2n) is 7.29. The van der Waals surface area contributed by atoms with Crippen molar-refractivity contribution in [3.05, 3.63) is 29.8 Å². The van der Waals surface area contributed by atoms with E-state index >= 15 is 0 Å². The van der Waals surface area contributed by atoms with E-state index in [4.69, 9.17) is 9.29 Å². The van der Waals surface area contributed by atoms with Crippen LogP contribution in [0.15, 0.2) is 29.2 Å². The summed E-state index contributed by atoms with van der Waals surface area (Å²) in [6.45, 7) is 7.75. The highest BCUT2D eigenvalue weighted by Crippen LogP contribution is 2.19. The first-order valence-corrected chi connectivity index (χ1v) is 9.85. The van der Waals surface area contributed by atoms with Gasteiger partial charge in [-0.05, 0) is 39.8 Å². The standard InChI is InChI=1S/C11H19NO4.C7H8O3S/c1-11(2,3)10(14)16-7-5-8(12-6-7)9(13)15-4;1-6-2-4-7(5-3-6)11(8,9)10/h7-8,12H,5-6H2,1-4H3;2-5H,1H3,(H,8,9,10)/t7-,8+;/m1./s1. The molecule has 1 aliphatic heterocycles. The number of rotatable bonds is 3. The van der Waals surface area contributed by atoms with Crippen molar-refractivity contribution in [2.24, 2.45) is 5.41 Å². The van der Waals surface area contributed by atoms with Gasteiger partial charge in [-0.2, -0.15) is 8.42 Å². The molecular weight excluding hydrogens is 374 g/mol. The average Bonchev–Trinajstić information content (AvgIpc) is 3.02. The first kappa shape index (κ1) is 23.1. The van der Waals surface area contributed by atoms with E-state index in [-0.39, 0.29) is 29.0 Å². The summed E-state index contributed by atoms with van der Waals surface area (Å²) < 4.78 is 39.5. The summed E-state index contributed by atoms with van der Waals surface area (Å²) >= 11 is 0. The summed E-state index contributed by atoms with van der Waals surface area (Å²) in [5.74, 6) is -0.556. The maximum atomic E-state index is 11.6.